The first kappa shape index (κ1) is 28.0. The zero-order valence-corrected chi connectivity index (χ0v) is 24.0. The first-order valence-corrected chi connectivity index (χ1v) is 11.3. The molecule has 1 aromatic heterocycles. The zero-order valence-electron chi connectivity index (χ0n) is 20.1. The van der Waals surface area contributed by atoms with Crippen molar-refractivity contribution in [1.29, 1.82) is 5.41 Å². The molecule has 9 nitrogen and oxygen atoms in total. The second-order valence-corrected chi connectivity index (χ2v) is 8.68. The van der Waals surface area contributed by atoms with Crippen LogP contribution in [-0.2, 0) is 0 Å². The van der Waals surface area contributed by atoms with E-state index >= 15 is 0 Å². The number of amidine groups is 1. The third kappa shape index (κ3) is 7.23. The van der Waals surface area contributed by atoms with E-state index in [-0.39, 0.29) is 74.0 Å². The fourth-order valence-electron chi connectivity index (χ4n) is 3.71. The van der Waals surface area contributed by atoms with Gasteiger partial charge in [-0.25, -0.2) is 14.4 Å². The van der Waals surface area contributed by atoms with Gasteiger partial charge in [-0.15, -0.1) is 0 Å². The van der Waals surface area contributed by atoms with E-state index in [1.165, 1.54) is 12.3 Å². The Morgan fingerprint density at radius 2 is 2.06 bits per heavy atom. The van der Waals surface area contributed by atoms with E-state index in [9.17, 15) is 4.39 Å². The van der Waals surface area contributed by atoms with E-state index in [1.807, 2.05) is 0 Å². The summed E-state index contributed by atoms with van der Waals surface area (Å²) in [7, 11) is 3.81. The topological polar surface area (TPSA) is 130 Å². The molecule has 0 spiro atoms. The number of aromatic nitrogens is 1. The predicted molar refractivity (Wildman–Crippen MR) is 135 cm³/mol. The molecule has 0 amide bonds. The Morgan fingerprint density at radius 1 is 1.34 bits per heavy atom. The number of nitrogens with one attached hydrogen (secondary N) is 3. The fraction of sp³-hybridized carbons (Fsp3) is 0.348. The first-order valence-electron chi connectivity index (χ1n) is 11.0. The Hall–Kier alpha value is -1.57. The van der Waals surface area contributed by atoms with Gasteiger partial charge in [0.15, 0.2) is 5.82 Å². The minimum Gasteiger partial charge on any atom is -0.469 e. The molecule has 1 unspecified atom stereocenters. The van der Waals surface area contributed by atoms with E-state index < -0.39 is 5.82 Å². The summed E-state index contributed by atoms with van der Waals surface area (Å²) in [5, 5.41) is 18.4. The summed E-state index contributed by atoms with van der Waals surface area (Å²) in [6.07, 6.45) is 4.32. The second kappa shape index (κ2) is 12.6. The number of nitrogens with zero attached hydrogens (tertiary/aromatic N) is 5. The molecule has 4 rings (SSSR count). The van der Waals surface area contributed by atoms with Crippen LogP contribution >= 0.6 is 11.6 Å². The molecular weight excluding hydrogens is 496 g/mol. The van der Waals surface area contributed by atoms with Crippen LogP contribution in [0.15, 0.2) is 41.3 Å². The van der Waals surface area contributed by atoms with Crippen LogP contribution in [0.3, 0.4) is 0 Å². The van der Waals surface area contributed by atoms with Gasteiger partial charge in [0.25, 0.3) is 0 Å². The minimum absolute atomic E-state index is 0. The van der Waals surface area contributed by atoms with E-state index in [2.05, 4.69) is 42.8 Å². The number of aliphatic imine (C=N–C) groups is 1. The smallest absolute Gasteiger partial charge is 0.469 e. The number of nitrogens with two attached hydrogens (primary N) is 1. The van der Waals surface area contributed by atoms with Crippen LogP contribution in [0.25, 0.3) is 5.32 Å². The van der Waals surface area contributed by atoms with Gasteiger partial charge < -0.3 is 36.9 Å². The molecule has 180 valence electrons. The third-order valence-corrected chi connectivity index (χ3v) is 6.09. The molecule has 1 atom stereocenters. The molecule has 12 heteroatoms. The van der Waals surface area contributed by atoms with Gasteiger partial charge in [0.05, 0.1) is 16.4 Å². The van der Waals surface area contributed by atoms with Crippen molar-refractivity contribution in [2.75, 3.05) is 52.1 Å². The van der Waals surface area contributed by atoms with Crippen LogP contribution in [0.4, 0.5) is 21.6 Å². The maximum absolute atomic E-state index is 14.8. The van der Waals surface area contributed by atoms with Crippen LogP contribution in [0.5, 0.6) is 0 Å². The minimum atomic E-state index is -0.474. The van der Waals surface area contributed by atoms with Gasteiger partial charge in [-0.3, -0.25) is 0 Å². The van der Waals surface area contributed by atoms with Gasteiger partial charge in [-0.2, -0.15) is 0 Å². The van der Waals surface area contributed by atoms with Crippen LogP contribution in [0, 0.1) is 11.2 Å². The average molecular weight is 524 g/mol. The van der Waals surface area contributed by atoms with Crippen LogP contribution in [-0.4, -0.2) is 73.7 Å². The van der Waals surface area contributed by atoms with Crippen molar-refractivity contribution in [1.82, 2.24) is 20.1 Å². The zero-order chi connectivity index (χ0) is 24.2. The number of hydrogen-bond acceptors (Lipinski definition) is 7. The number of pyridine rings is 1. The van der Waals surface area contributed by atoms with Gasteiger partial charge >= 0.3 is 51.4 Å². The molecule has 35 heavy (non-hydrogen) atoms. The van der Waals surface area contributed by atoms with Crippen LogP contribution < -0.4 is 67.8 Å². The number of piperazine rings is 1. The van der Waals surface area contributed by atoms with Crippen molar-refractivity contribution in [2.24, 2.45) is 10.7 Å². The number of halogens is 2. The quantitative estimate of drug-likeness (QED) is 0.171. The number of likely N-dealkylation sites (N-methyl/N-ethyl adjacent to an activating group) is 1. The molecule has 5 N–H and O–H groups in total. The first-order chi connectivity index (χ1) is 16.4. The molecule has 2 saturated heterocycles. The average Bonchev–Trinajstić information content (AvgIpc) is 3.66. The molecule has 2 aliphatic heterocycles. The van der Waals surface area contributed by atoms with E-state index in [0.29, 0.717) is 17.1 Å². The third-order valence-electron chi connectivity index (χ3n) is 5.79. The molecule has 3 heterocycles. The summed E-state index contributed by atoms with van der Waals surface area (Å²) in [4.78, 5) is 13.1. The summed E-state index contributed by atoms with van der Waals surface area (Å²) in [5.41, 5.74) is 8.01. The molecule has 0 bridgehead atoms. The normalized spacial score (nSPS) is 18.6. The van der Waals surface area contributed by atoms with Crippen molar-refractivity contribution in [3.63, 3.8) is 0 Å². The molecular formula is C23H28ClFKN9. The molecule has 0 saturated carbocycles. The largest absolute Gasteiger partial charge is 1.00 e. The second-order valence-electron chi connectivity index (χ2n) is 8.27. The van der Waals surface area contributed by atoms with Crippen molar-refractivity contribution >= 4 is 40.8 Å². The summed E-state index contributed by atoms with van der Waals surface area (Å²) >= 11 is 6.36. The Labute approximate surface area is 252 Å². The summed E-state index contributed by atoms with van der Waals surface area (Å²) in [6.45, 7) is 4.42. The molecule has 0 aliphatic carbocycles. The summed E-state index contributed by atoms with van der Waals surface area (Å²) in [5.74, 6) is 0.831. The number of anilines is 2. The molecule has 2 fully saturated rings. The monoisotopic (exact) mass is 523 g/mol. The maximum Gasteiger partial charge on any atom is 1.00 e. The fourth-order valence-corrected chi connectivity index (χ4v) is 3.98. The van der Waals surface area contributed by atoms with Gasteiger partial charge in [0, 0.05) is 36.6 Å². The van der Waals surface area contributed by atoms with Crippen molar-refractivity contribution < 1.29 is 55.8 Å². The van der Waals surface area contributed by atoms with Gasteiger partial charge in [-0.1, -0.05) is 24.5 Å². The Balaban J connectivity index is 0.00000342. The molecule has 1 aromatic carbocycles. The van der Waals surface area contributed by atoms with Crippen molar-refractivity contribution in [3.8, 4) is 0 Å². The van der Waals surface area contributed by atoms with Crippen LogP contribution in [0.2, 0.25) is 5.02 Å². The van der Waals surface area contributed by atoms with Gasteiger partial charge in [-0.05, 0) is 57.0 Å². The number of rotatable bonds is 8. The standard InChI is InChI=1S/C23H28ClFN9.K/c1-28-22(34-5-3-33(2)4-6-34)10-20(27)32-21-9-18(15(11-26)12-30-21)31-23-16(24)7-14(8-17(23)25)19-13-29-19;/h7-12,19,26,29H,3-6,13H2,1-2H3,(H3,27,30,31,32);/q-1;+1/b22-10+,26-11?;. The number of benzene rings is 1. The van der Waals surface area contributed by atoms with Crippen LogP contribution in [0.1, 0.15) is 17.2 Å². The maximum atomic E-state index is 14.8. The SMILES string of the molecule is C[N-]/C(=C\C(N)=Nc1cc(Nc2c(F)cc(C3CN3)cc2Cl)c(C=N)cn1)N1CCN(C)CC1.[K+]. The molecule has 2 aromatic rings. The van der Waals surface area contributed by atoms with Gasteiger partial charge in [0.2, 0.25) is 0 Å². The predicted octanol–water partition coefficient (Wildman–Crippen LogP) is 0.345. The summed E-state index contributed by atoms with van der Waals surface area (Å²) in [6, 6.07) is 4.94. The molecule has 0 radical (unpaired) electrons. The summed E-state index contributed by atoms with van der Waals surface area (Å²) < 4.78 is 14.8. The Kier molecular flexibility index (Phi) is 10.1. The van der Waals surface area contributed by atoms with Gasteiger partial charge in [0.1, 0.15) is 11.7 Å². The van der Waals surface area contributed by atoms with E-state index in [1.54, 1.807) is 25.3 Å². The molecule has 2 aliphatic rings. The van der Waals surface area contributed by atoms with E-state index in [4.69, 9.17) is 22.7 Å². The van der Waals surface area contributed by atoms with Crippen molar-refractivity contribution in [2.45, 2.75) is 6.04 Å². The van der Waals surface area contributed by atoms with Crippen molar-refractivity contribution in [3.05, 3.63) is 63.6 Å². The van der Waals surface area contributed by atoms with E-state index in [0.717, 1.165) is 50.3 Å². The number of hydrogen-bond donors (Lipinski definition) is 4. The Bertz CT molecular complexity index is 1100. The Morgan fingerprint density at radius 3 is 2.66 bits per heavy atom.